The largest absolute Gasteiger partial charge is 0.490 e. The van der Waals surface area contributed by atoms with Crippen LogP contribution >= 0.6 is 11.6 Å². The number of hydrogen-bond donors (Lipinski definition) is 1. The van der Waals surface area contributed by atoms with Gasteiger partial charge in [0.1, 0.15) is 5.75 Å². The Bertz CT molecular complexity index is 1880. The number of anilines is 1. The average Bonchev–Trinajstić information content (AvgIpc) is 3.29. The van der Waals surface area contributed by atoms with E-state index in [0.29, 0.717) is 51.7 Å². The zero-order valence-corrected chi connectivity index (χ0v) is 34.3. The first-order valence-electron chi connectivity index (χ1n) is 20.0. The maximum Gasteiger partial charge on any atom is 0.264 e. The predicted octanol–water partition coefficient (Wildman–Crippen LogP) is 5.45. The van der Waals surface area contributed by atoms with Crippen molar-refractivity contribution in [2.75, 3.05) is 78.1 Å². The third-order valence-electron chi connectivity index (χ3n) is 13.0. The Balaban J connectivity index is 1.31. The van der Waals surface area contributed by atoms with Gasteiger partial charge in [0.2, 0.25) is 15.9 Å². The number of fused-ring (bicyclic) bond motifs is 4. The van der Waals surface area contributed by atoms with Crippen LogP contribution in [0.1, 0.15) is 73.9 Å². The molecule has 2 amide bonds. The van der Waals surface area contributed by atoms with E-state index in [0.717, 1.165) is 62.4 Å². The van der Waals surface area contributed by atoms with E-state index in [-0.39, 0.29) is 41.1 Å². The average molecular weight is 797 g/mol. The zero-order valence-electron chi connectivity index (χ0n) is 32.7. The highest BCUT2D eigenvalue weighted by molar-refractivity contribution is 7.90. The first-order chi connectivity index (χ1) is 26.3. The van der Waals surface area contributed by atoms with Crippen molar-refractivity contribution in [1.29, 1.82) is 0 Å². The van der Waals surface area contributed by atoms with Gasteiger partial charge in [-0.2, -0.15) is 0 Å². The van der Waals surface area contributed by atoms with Crippen LogP contribution in [0.2, 0.25) is 5.02 Å². The number of rotatable bonds is 6. The van der Waals surface area contributed by atoms with E-state index in [1.54, 1.807) is 44.1 Å². The molecule has 1 N–H and O–H groups in total. The van der Waals surface area contributed by atoms with E-state index < -0.39 is 26.8 Å². The molecular formula is C42H57ClN4O7S. The van der Waals surface area contributed by atoms with Crippen molar-refractivity contribution >= 4 is 39.1 Å². The predicted molar refractivity (Wildman–Crippen MR) is 214 cm³/mol. The van der Waals surface area contributed by atoms with Gasteiger partial charge in [-0.25, -0.2) is 13.1 Å². The fourth-order valence-electron chi connectivity index (χ4n) is 9.33. The van der Waals surface area contributed by atoms with Crippen LogP contribution in [0.15, 0.2) is 48.6 Å². The minimum absolute atomic E-state index is 0.0163. The lowest BCUT2D eigenvalue weighted by atomic mass is 9.62. The van der Waals surface area contributed by atoms with Gasteiger partial charge in [0.25, 0.3) is 5.91 Å². The summed E-state index contributed by atoms with van der Waals surface area (Å²) in [4.78, 5) is 33.8. The summed E-state index contributed by atoms with van der Waals surface area (Å²) in [5, 5.41) is -0.138. The summed E-state index contributed by atoms with van der Waals surface area (Å²) in [6, 6.07) is 11.4. The number of halogens is 1. The molecule has 2 aromatic carbocycles. The summed E-state index contributed by atoms with van der Waals surface area (Å²) in [7, 11) is -0.463. The second-order valence-corrected chi connectivity index (χ2v) is 19.2. The van der Waals surface area contributed by atoms with E-state index in [1.807, 2.05) is 19.1 Å². The molecule has 2 aromatic rings. The second-order valence-electron chi connectivity index (χ2n) is 16.8. The second kappa shape index (κ2) is 16.4. The van der Waals surface area contributed by atoms with E-state index in [9.17, 15) is 18.0 Å². The van der Waals surface area contributed by atoms with Gasteiger partial charge in [0.15, 0.2) is 0 Å². The molecule has 3 aliphatic heterocycles. The highest BCUT2D eigenvalue weighted by Crippen LogP contribution is 2.50. The SMILES string of the molecule is C[C@@H]1[C@@H](C)C/C=C/[C@@](CC(=O)N(C)C)(OCCN2CCOCC2)[C@@H]2CC[C@H]2CN2C[C@@]3(CCCc4cc(Cl)ccc43)COc3ccc(cc32)C(=O)NS1(=O)=O. The van der Waals surface area contributed by atoms with Crippen molar-refractivity contribution in [2.24, 2.45) is 17.8 Å². The van der Waals surface area contributed by atoms with Crippen molar-refractivity contribution in [3.8, 4) is 5.75 Å². The molecule has 11 nitrogen and oxygen atoms in total. The van der Waals surface area contributed by atoms with E-state index in [4.69, 9.17) is 25.8 Å². The topological polar surface area (TPSA) is 118 Å². The third-order valence-corrected chi connectivity index (χ3v) is 15.2. The summed E-state index contributed by atoms with van der Waals surface area (Å²) in [5.74, 6) is -0.139. The molecule has 3 heterocycles. The Hall–Kier alpha value is -3.16. The molecule has 55 heavy (non-hydrogen) atoms. The quantitative estimate of drug-likeness (QED) is 0.381. The molecule has 1 spiro atoms. The first-order valence-corrected chi connectivity index (χ1v) is 21.9. The summed E-state index contributed by atoms with van der Waals surface area (Å²) in [6.45, 7) is 9.52. The monoisotopic (exact) mass is 796 g/mol. The molecule has 0 radical (unpaired) electrons. The van der Waals surface area contributed by atoms with Gasteiger partial charge in [-0.15, -0.1) is 0 Å². The van der Waals surface area contributed by atoms with Crippen molar-refractivity contribution < 1.29 is 32.2 Å². The summed E-state index contributed by atoms with van der Waals surface area (Å²) in [6.07, 6.45) is 9.42. The maximum absolute atomic E-state index is 13.8. The molecule has 2 bridgehead atoms. The Kier molecular flexibility index (Phi) is 11.9. The molecule has 1 saturated heterocycles. The number of nitrogens with zero attached hydrogens (tertiary/aromatic N) is 3. The van der Waals surface area contributed by atoms with Gasteiger partial charge >= 0.3 is 0 Å². The van der Waals surface area contributed by atoms with Crippen LogP contribution < -0.4 is 14.4 Å². The minimum Gasteiger partial charge on any atom is -0.490 e. The fraction of sp³-hybridized carbons (Fsp3) is 0.619. The summed E-state index contributed by atoms with van der Waals surface area (Å²) >= 11 is 6.50. The van der Waals surface area contributed by atoms with Crippen LogP contribution in [0.5, 0.6) is 5.75 Å². The zero-order chi connectivity index (χ0) is 39.0. The number of hydrogen-bond acceptors (Lipinski definition) is 9. The van der Waals surface area contributed by atoms with E-state index in [2.05, 4.69) is 32.7 Å². The number of aryl methyl sites for hydroxylation is 1. The normalized spacial score (nSPS) is 31.5. The molecule has 13 heteroatoms. The van der Waals surface area contributed by atoms with Gasteiger partial charge in [0.05, 0.1) is 49.4 Å². The van der Waals surface area contributed by atoms with Crippen LogP contribution in [0, 0.1) is 17.8 Å². The molecule has 5 aliphatic rings. The van der Waals surface area contributed by atoms with Crippen molar-refractivity contribution in [1.82, 2.24) is 14.5 Å². The van der Waals surface area contributed by atoms with Crippen LogP contribution in [0.4, 0.5) is 5.69 Å². The van der Waals surface area contributed by atoms with Gasteiger partial charge in [0, 0.05) is 62.8 Å². The Morgan fingerprint density at radius 3 is 2.65 bits per heavy atom. The molecule has 2 aliphatic carbocycles. The van der Waals surface area contributed by atoms with Gasteiger partial charge < -0.3 is 24.0 Å². The van der Waals surface area contributed by atoms with Gasteiger partial charge in [-0.1, -0.05) is 36.7 Å². The first kappa shape index (κ1) is 40.1. The number of amides is 2. The standard InChI is InChI=1S/C42H57ClN4O7S/c1-29-7-5-16-42(25-39(48)45(3)4,54-22-19-46-17-20-52-21-18-46)36-12-9-33(36)26-47-27-41(15-6-8-31-23-34(43)11-13-35(31)41)28-53-38-14-10-32(24-37(38)47)40(49)44-55(50,51)30(29)2/h5,10-11,13-14,16,23-24,29-30,33,36H,6-9,12,15,17-22,25-28H2,1-4H3,(H,44,49)/b16-5+/t29-,30+,33-,36+,41-,42-/m0/s1. The van der Waals surface area contributed by atoms with Crippen LogP contribution in [0.3, 0.4) is 0 Å². The van der Waals surface area contributed by atoms with Crippen LogP contribution in [-0.2, 0) is 36.1 Å². The molecule has 7 rings (SSSR count). The molecule has 2 fully saturated rings. The number of allylic oxidation sites excluding steroid dienone is 1. The lowest BCUT2D eigenvalue weighted by Gasteiger charge is -2.51. The Labute approximate surface area is 331 Å². The summed E-state index contributed by atoms with van der Waals surface area (Å²) in [5.41, 5.74) is 2.26. The van der Waals surface area contributed by atoms with E-state index >= 15 is 0 Å². The lowest BCUT2D eigenvalue weighted by Crippen LogP contribution is -2.55. The number of ether oxygens (including phenoxy) is 3. The third kappa shape index (κ3) is 8.44. The fourth-order valence-corrected chi connectivity index (χ4v) is 10.8. The summed E-state index contributed by atoms with van der Waals surface area (Å²) < 4.78 is 49.0. The Morgan fingerprint density at radius 2 is 1.91 bits per heavy atom. The highest BCUT2D eigenvalue weighted by Gasteiger charge is 2.50. The highest BCUT2D eigenvalue weighted by atomic mass is 35.5. The number of sulfonamides is 1. The number of morpholine rings is 1. The Morgan fingerprint density at radius 1 is 1.11 bits per heavy atom. The van der Waals surface area contributed by atoms with Crippen LogP contribution in [0.25, 0.3) is 0 Å². The van der Waals surface area contributed by atoms with Gasteiger partial charge in [-0.05, 0) is 105 Å². The number of benzene rings is 2. The molecule has 0 unspecified atom stereocenters. The van der Waals surface area contributed by atoms with E-state index in [1.165, 1.54) is 11.1 Å². The smallest absolute Gasteiger partial charge is 0.264 e. The number of carbonyl (C=O) groups is 2. The minimum atomic E-state index is -4.03. The van der Waals surface area contributed by atoms with Crippen molar-refractivity contribution in [3.05, 3.63) is 70.3 Å². The molecular weight excluding hydrogens is 740 g/mol. The maximum atomic E-state index is 13.8. The van der Waals surface area contributed by atoms with Crippen molar-refractivity contribution in [2.45, 2.75) is 75.1 Å². The molecule has 1 saturated carbocycles. The molecule has 0 aromatic heterocycles. The van der Waals surface area contributed by atoms with Crippen molar-refractivity contribution in [3.63, 3.8) is 0 Å². The lowest BCUT2D eigenvalue weighted by molar-refractivity contribution is -0.145. The number of nitrogens with one attached hydrogen (secondary N) is 1. The number of carbonyl (C=O) groups excluding carboxylic acids is 2. The molecule has 6 atom stereocenters. The molecule has 300 valence electrons. The van der Waals surface area contributed by atoms with Gasteiger partial charge in [-0.3, -0.25) is 14.5 Å². The van der Waals surface area contributed by atoms with Crippen LogP contribution in [-0.4, -0.2) is 114 Å².